The minimum absolute atomic E-state index is 0.102. The second-order valence-electron chi connectivity index (χ2n) is 4.42. The Morgan fingerprint density at radius 3 is 2.84 bits per heavy atom. The molecule has 1 aliphatic rings. The summed E-state index contributed by atoms with van der Waals surface area (Å²) in [6, 6.07) is 5.06. The number of rotatable bonds is 3. The molecule has 1 aromatic rings. The lowest BCUT2D eigenvalue weighted by Gasteiger charge is -2.15. The van der Waals surface area contributed by atoms with Crippen molar-refractivity contribution in [1.29, 1.82) is 0 Å². The molecule has 6 heteroatoms. The van der Waals surface area contributed by atoms with E-state index in [9.17, 15) is 9.59 Å². The van der Waals surface area contributed by atoms with Gasteiger partial charge in [-0.25, -0.2) is 0 Å². The number of nitrogens with one attached hydrogen (secondary N) is 1. The summed E-state index contributed by atoms with van der Waals surface area (Å²) in [5.41, 5.74) is 1.68. The lowest BCUT2D eigenvalue weighted by Crippen LogP contribution is -2.39. The van der Waals surface area contributed by atoms with Crippen LogP contribution >= 0.6 is 27.7 Å². The SMILES string of the molecule is CSC(C)C(=O)NC1C(=O)N(C)c2ccc(Br)cc21. The number of thioether (sulfide) groups is 1. The van der Waals surface area contributed by atoms with Crippen molar-refractivity contribution >= 4 is 45.2 Å². The van der Waals surface area contributed by atoms with E-state index in [0.29, 0.717) is 0 Å². The summed E-state index contributed by atoms with van der Waals surface area (Å²) in [5, 5.41) is 2.65. The van der Waals surface area contributed by atoms with Crippen molar-refractivity contribution in [3.8, 4) is 0 Å². The van der Waals surface area contributed by atoms with Crippen molar-refractivity contribution < 1.29 is 9.59 Å². The Kier molecular flexibility index (Phi) is 4.20. The quantitative estimate of drug-likeness (QED) is 0.917. The number of carbonyl (C=O) groups is 2. The number of likely N-dealkylation sites (N-methyl/N-ethyl adjacent to an activating group) is 1. The highest BCUT2D eigenvalue weighted by Crippen LogP contribution is 2.36. The molecule has 0 saturated heterocycles. The molecule has 0 aliphatic carbocycles. The summed E-state index contributed by atoms with van der Waals surface area (Å²) < 4.78 is 0.895. The summed E-state index contributed by atoms with van der Waals surface area (Å²) in [6.45, 7) is 1.82. The number of amides is 2. The monoisotopic (exact) mass is 342 g/mol. The van der Waals surface area contributed by atoms with Crippen molar-refractivity contribution in [2.24, 2.45) is 0 Å². The fourth-order valence-corrected chi connectivity index (χ4v) is 2.67. The number of hydrogen-bond acceptors (Lipinski definition) is 3. The van der Waals surface area contributed by atoms with E-state index in [1.165, 1.54) is 11.8 Å². The summed E-state index contributed by atoms with van der Waals surface area (Å²) >= 11 is 4.85. The number of hydrogen-bond donors (Lipinski definition) is 1. The fourth-order valence-electron chi connectivity index (χ4n) is 2.01. The van der Waals surface area contributed by atoms with Gasteiger partial charge in [-0.2, -0.15) is 11.8 Å². The van der Waals surface area contributed by atoms with E-state index in [4.69, 9.17) is 0 Å². The molecule has 0 bridgehead atoms. The summed E-state index contributed by atoms with van der Waals surface area (Å²) in [4.78, 5) is 25.8. The van der Waals surface area contributed by atoms with Crippen molar-refractivity contribution in [2.45, 2.75) is 18.2 Å². The summed E-state index contributed by atoms with van der Waals surface area (Å²) in [7, 11) is 1.72. The molecular formula is C13H15BrN2O2S. The largest absolute Gasteiger partial charge is 0.339 e. The number of anilines is 1. The second-order valence-corrected chi connectivity index (χ2v) is 6.51. The Labute approximate surface area is 125 Å². The van der Waals surface area contributed by atoms with Crippen LogP contribution < -0.4 is 10.2 Å². The molecule has 0 aromatic heterocycles. The topological polar surface area (TPSA) is 49.4 Å². The van der Waals surface area contributed by atoms with Crippen LogP contribution in [0.2, 0.25) is 0 Å². The van der Waals surface area contributed by atoms with Crippen LogP contribution in [0.1, 0.15) is 18.5 Å². The first-order chi connectivity index (χ1) is 8.95. The first-order valence-corrected chi connectivity index (χ1v) is 7.94. The van der Waals surface area contributed by atoms with Gasteiger partial charge >= 0.3 is 0 Å². The third-order valence-corrected chi connectivity index (χ3v) is 4.66. The fraction of sp³-hybridized carbons (Fsp3) is 0.385. The molecule has 0 saturated carbocycles. The van der Waals surface area contributed by atoms with Gasteiger partial charge in [-0.05, 0) is 31.4 Å². The predicted octanol–water partition coefficient (Wildman–Crippen LogP) is 2.33. The highest BCUT2D eigenvalue weighted by molar-refractivity contribution is 9.10. The average Bonchev–Trinajstić information content (AvgIpc) is 2.62. The van der Waals surface area contributed by atoms with Crippen molar-refractivity contribution in [1.82, 2.24) is 5.32 Å². The van der Waals surface area contributed by atoms with E-state index < -0.39 is 6.04 Å². The molecule has 1 aromatic carbocycles. The van der Waals surface area contributed by atoms with Crippen molar-refractivity contribution in [3.05, 3.63) is 28.2 Å². The minimum atomic E-state index is -0.584. The van der Waals surface area contributed by atoms with E-state index in [0.717, 1.165) is 15.7 Å². The Bertz CT molecular complexity index is 535. The zero-order valence-electron chi connectivity index (χ0n) is 10.9. The van der Waals surface area contributed by atoms with Crippen LogP contribution in [0.4, 0.5) is 5.69 Å². The Morgan fingerprint density at radius 1 is 1.53 bits per heavy atom. The van der Waals surface area contributed by atoms with Gasteiger partial charge < -0.3 is 10.2 Å². The maximum Gasteiger partial charge on any atom is 0.254 e. The van der Waals surface area contributed by atoms with Crippen molar-refractivity contribution in [2.75, 3.05) is 18.2 Å². The van der Waals surface area contributed by atoms with Crippen LogP contribution in [-0.4, -0.2) is 30.4 Å². The zero-order chi connectivity index (χ0) is 14.2. The Balaban J connectivity index is 2.30. The highest BCUT2D eigenvalue weighted by atomic mass is 79.9. The highest BCUT2D eigenvalue weighted by Gasteiger charge is 2.36. The molecule has 0 fully saturated rings. The molecule has 1 heterocycles. The van der Waals surface area contributed by atoms with Gasteiger partial charge in [0, 0.05) is 22.8 Å². The van der Waals surface area contributed by atoms with Crippen LogP contribution in [-0.2, 0) is 9.59 Å². The van der Waals surface area contributed by atoms with E-state index in [2.05, 4.69) is 21.2 Å². The molecule has 2 unspecified atom stereocenters. The molecule has 2 rings (SSSR count). The maximum atomic E-state index is 12.2. The van der Waals surface area contributed by atoms with E-state index in [1.807, 2.05) is 31.4 Å². The molecule has 1 aliphatic heterocycles. The predicted molar refractivity (Wildman–Crippen MR) is 81.4 cm³/mol. The number of carbonyl (C=O) groups excluding carboxylic acids is 2. The molecule has 1 N–H and O–H groups in total. The van der Waals surface area contributed by atoms with E-state index in [1.54, 1.807) is 11.9 Å². The third-order valence-electron chi connectivity index (χ3n) is 3.25. The lowest BCUT2D eigenvalue weighted by atomic mass is 10.1. The minimum Gasteiger partial charge on any atom is -0.339 e. The molecule has 102 valence electrons. The van der Waals surface area contributed by atoms with Crippen LogP contribution in [0, 0.1) is 0 Å². The number of nitrogens with zero attached hydrogens (tertiary/aromatic N) is 1. The molecule has 4 nitrogen and oxygen atoms in total. The zero-order valence-corrected chi connectivity index (χ0v) is 13.3. The maximum absolute atomic E-state index is 12.2. The lowest BCUT2D eigenvalue weighted by molar-refractivity contribution is -0.126. The number of fused-ring (bicyclic) bond motifs is 1. The van der Waals surface area contributed by atoms with Crippen LogP contribution in [0.25, 0.3) is 0 Å². The first-order valence-electron chi connectivity index (χ1n) is 5.86. The second kappa shape index (κ2) is 5.54. The smallest absolute Gasteiger partial charge is 0.254 e. The molecule has 0 spiro atoms. The van der Waals surface area contributed by atoms with Gasteiger partial charge in [0.15, 0.2) is 0 Å². The Morgan fingerprint density at radius 2 is 2.21 bits per heavy atom. The first kappa shape index (κ1) is 14.4. The molecule has 2 amide bonds. The van der Waals surface area contributed by atoms with Crippen LogP contribution in [0.15, 0.2) is 22.7 Å². The van der Waals surface area contributed by atoms with Gasteiger partial charge in [-0.3, -0.25) is 9.59 Å². The molecular weight excluding hydrogens is 328 g/mol. The Hall–Kier alpha value is -1.01. The standard InChI is InChI=1S/C13H15BrN2O2S/c1-7(19-3)12(17)15-11-9-6-8(14)4-5-10(9)16(2)13(11)18/h4-7,11H,1-3H3,(H,15,17). The molecule has 0 radical (unpaired) electrons. The van der Waals surface area contributed by atoms with Gasteiger partial charge in [0.2, 0.25) is 5.91 Å². The average molecular weight is 343 g/mol. The van der Waals surface area contributed by atoms with Crippen LogP contribution in [0.5, 0.6) is 0 Å². The van der Waals surface area contributed by atoms with E-state index in [-0.39, 0.29) is 17.1 Å². The normalized spacial score (nSPS) is 19.3. The van der Waals surface area contributed by atoms with Crippen LogP contribution in [0.3, 0.4) is 0 Å². The van der Waals surface area contributed by atoms with Crippen molar-refractivity contribution in [3.63, 3.8) is 0 Å². The number of benzene rings is 1. The summed E-state index contributed by atoms with van der Waals surface area (Å²) in [5.74, 6) is -0.221. The molecule has 2 atom stereocenters. The third kappa shape index (κ3) is 2.65. The van der Waals surface area contributed by atoms with Gasteiger partial charge in [0.25, 0.3) is 5.91 Å². The van der Waals surface area contributed by atoms with Gasteiger partial charge in [-0.15, -0.1) is 0 Å². The van der Waals surface area contributed by atoms with Gasteiger partial charge in [0.1, 0.15) is 6.04 Å². The van der Waals surface area contributed by atoms with Gasteiger partial charge in [0.05, 0.1) is 5.25 Å². The van der Waals surface area contributed by atoms with E-state index >= 15 is 0 Å². The molecule has 19 heavy (non-hydrogen) atoms. The summed E-state index contributed by atoms with van der Waals surface area (Å²) in [6.07, 6.45) is 1.87. The van der Waals surface area contributed by atoms with Gasteiger partial charge in [-0.1, -0.05) is 15.9 Å². The number of halogens is 1.